The standard InChI is InChI=1S/C66H23F42N9O2S/c1-49(67,57(79,80)81)32-17-9-3-5-11-19(17)34(51(69,59(85,86)87)60(88,89)90)27-25(32)40-109-45-29-30(37(54(72,65(103,104)105)66(106,107)108)22-14-8-7-13-21(22)36(29)53(71,63(97,98)99)64(100,101)102)46-111-42-31-38(56(76,77)78)24(15-23(48(118)119)55(73,74)75)120-39(31)47-112-43-26-28(44(116(43)113-117(45)46)110-41(27)114(40)16-115(42)47)35(52(70,61(91,92)93)62(94,95)96)20-12-6-4-10-18(20)33(26)50(2,68)58(82,83)84/h3-15,45H,16H2,1-2H3,(H-,109,112,113,118,119)/p+2. The van der Waals surface area contributed by atoms with Crippen LogP contribution in [0.25, 0.3) is 59.3 Å². The number of halogens is 42. The van der Waals surface area contributed by atoms with E-state index in [9.17, 15) is 23.1 Å². The van der Waals surface area contributed by atoms with E-state index < -0.39 is 366 Å². The highest BCUT2D eigenvalue weighted by atomic mass is 32.1. The Morgan fingerprint density at radius 2 is 0.800 bits per heavy atom. The molecule has 644 valence electrons. The van der Waals surface area contributed by atoms with Crippen LogP contribution < -0.4 is 21.8 Å². The predicted octanol–water partition coefficient (Wildman–Crippen LogP) is 21.8. The Morgan fingerprint density at radius 3 is 1.21 bits per heavy atom. The summed E-state index contributed by atoms with van der Waals surface area (Å²) >= 11 is -1.29. The van der Waals surface area contributed by atoms with Crippen LogP contribution in [0.15, 0.2) is 93.3 Å². The molecule has 11 nitrogen and oxygen atoms in total. The van der Waals surface area contributed by atoms with E-state index in [2.05, 4.69) is 15.0 Å². The fourth-order valence-electron chi connectivity index (χ4n) is 15.4. The number of aliphatic imine (C=N–C) groups is 1. The summed E-state index contributed by atoms with van der Waals surface area (Å²) in [7, 11) is 0. The minimum atomic E-state index is -8.18. The highest BCUT2D eigenvalue weighted by Crippen LogP contribution is 2.68. The topological polar surface area (TPSA) is 114 Å². The third kappa shape index (κ3) is 11.0. The summed E-state index contributed by atoms with van der Waals surface area (Å²) in [5.41, 5.74) is -88.4. The first kappa shape index (κ1) is 85.8. The molecule has 6 aromatic carbocycles. The number of hydrazone groups is 2. The van der Waals surface area contributed by atoms with Gasteiger partial charge in [0.25, 0.3) is 17.2 Å². The highest BCUT2D eigenvalue weighted by molar-refractivity contribution is 7.20. The molecule has 120 heavy (non-hydrogen) atoms. The molecule has 12 bridgehead atoms. The number of alkyl halides is 42. The van der Waals surface area contributed by atoms with Gasteiger partial charge < -0.3 is 10.4 Å². The summed E-state index contributed by atoms with van der Waals surface area (Å²) in [5, 5.41) is -13.8. The fourth-order valence-corrected chi connectivity index (χ4v) is 16.6. The third-order valence-electron chi connectivity index (χ3n) is 20.4. The van der Waals surface area contributed by atoms with E-state index in [4.69, 9.17) is 0 Å². The summed E-state index contributed by atoms with van der Waals surface area (Å²) in [6.45, 7) is -4.75. The second-order valence-corrected chi connectivity index (χ2v) is 28.2. The molecule has 0 saturated heterocycles. The number of rotatable bonds is 8. The van der Waals surface area contributed by atoms with E-state index >= 15 is 171 Å². The van der Waals surface area contributed by atoms with Crippen LogP contribution in [0.1, 0.15) is 86.1 Å². The monoisotopic (exact) mass is 1810 g/mol. The van der Waals surface area contributed by atoms with Gasteiger partial charge in [0.2, 0.25) is 17.5 Å². The number of anilines is 1. The smallest absolute Gasteiger partial charge is 0.435 e. The van der Waals surface area contributed by atoms with Gasteiger partial charge in [0, 0.05) is 54.0 Å². The summed E-state index contributed by atoms with van der Waals surface area (Å²) in [5.74, 6) is -18.6. The second-order valence-electron chi connectivity index (χ2n) is 27.2. The number of hydrazine groups is 2. The van der Waals surface area contributed by atoms with Crippen LogP contribution in [0.2, 0.25) is 0 Å². The van der Waals surface area contributed by atoms with Gasteiger partial charge in [-0.15, -0.1) is 11.3 Å². The van der Waals surface area contributed by atoms with Gasteiger partial charge in [-0.25, -0.2) is 31.1 Å². The molecule has 3 N–H and O–H groups in total. The number of carbonyl (C=O) groups is 1. The zero-order valence-corrected chi connectivity index (χ0v) is 57.4. The number of benzene rings is 6. The zero-order valence-electron chi connectivity index (χ0n) is 56.6. The van der Waals surface area contributed by atoms with Crippen molar-refractivity contribution in [1.82, 2.24) is 14.7 Å². The number of nitrogens with zero attached hydrogens (tertiary/aromatic N) is 7. The Balaban J connectivity index is 1.49. The molecule has 0 amide bonds. The summed E-state index contributed by atoms with van der Waals surface area (Å²) < 4.78 is 687. The molecular weight excluding hydrogens is 1780 g/mol. The first-order valence-corrected chi connectivity index (χ1v) is 32.7. The first-order chi connectivity index (χ1) is 54.1. The molecule has 3 aromatic heterocycles. The summed E-state index contributed by atoms with van der Waals surface area (Å²) in [6, 6.07) is -2.50. The molecule has 9 aromatic rings. The molecule has 0 aliphatic carbocycles. The van der Waals surface area contributed by atoms with Crippen molar-refractivity contribution in [1.29, 1.82) is 0 Å². The van der Waals surface area contributed by atoms with Gasteiger partial charge in [0.1, 0.15) is 29.4 Å². The van der Waals surface area contributed by atoms with E-state index in [0.717, 1.165) is 0 Å². The predicted molar refractivity (Wildman–Crippen MR) is 325 cm³/mol. The largest absolute Gasteiger partial charge is 0.478 e. The van der Waals surface area contributed by atoms with Gasteiger partial charge in [-0.1, -0.05) is 82.2 Å². The molecule has 6 aliphatic rings. The van der Waals surface area contributed by atoms with E-state index in [-0.39, 0.29) is 48.5 Å². The van der Waals surface area contributed by atoms with Crippen LogP contribution in [0.5, 0.6) is 0 Å². The molecule has 15 rings (SSSR count). The van der Waals surface area contributed by atoms with Gasteiger partial charge >= 0.3 is 109 Å². The van der Waals surface area contributed by atoms with E-state index in [1.807, 2.05) is 0 Å². The van der Waals surface area contributed by atoms with Crippen LogP contribution in [0.4, 0.5) is 196 Å². The average molecular weight is 1810 g/mol. The van der Waals surface area contributed by atoms with Crippen molar-refractivity contribution in [3.63, 3.8) is 0 Å². The molecule has 3 atom stereocenters. The van der Waals surface area contributed by atoms with Gasteiger partial charge in [-0.05, 0) is 57.8 Å². The van der Waals surface area contributed by atoms with Gasteiger partial charge in [0.05, 0.1) is 32.3 Å². The number of carboxylic acid groups (broad SMARTS) is 1. The number of hydrogen-bond donors (Lipinski definition) is 3. The minimum absolute atomic E-state index is 0.0482. The molecule has 6 aliphatic heterocycles. The Hall–Kier alpha value is -10.6. The highest BCUT2D eigenvalue weighted by Gasteiger charge is 2.81. The maximum Gasteiger partial charge on any atom is 0.435 e. The van der Waals surface area contributed by atoms with E-state index in [0.29, 0.717) is 0 Å². The zero-order chi connectivity index (χ0) is 89.9. The Bertz CT molecular complexity index is 6250. The molecule has 0 radical (unpaired) electrons. The van der Waals surface area contributed by atoms with Gasteiger partial charge in [-0.3, -0.25) is 9.13 Å². The summed E-state index contributed by atoms with van der Waals surface area (Å²) in [6.07, 6.45) is -98.7. The Kier molecular flexibility index (Phi) is 17.6. The van der Waals surface area contributed by atoms with Crippen molar-refractivity contribution in [3.05, 3.63) is 155 Å². The number of amidine groups is 3. The third-order valence-corrected chi connectivity index (χ3v) is 21.5. The van der Waals surface area contributed by atoms with Gasteiger partial charge in [0.15, 0.2) is 5.49 Å². The molecule has 0 spiro atoms. The van der Waals surface area contributed by atoms with Gasteiger partial charge in [-0.2, -0.15) is 168 Å². The number of thiophene rings is 1. The lowest BCUT2D eigenvalue weighted by molar-refractivity contribution is -0.786. The summed E-state index contributed by atoms with van der Waals surface area (Å²) in [4.78, 5) is 20.5. The number of fused-ring (bicyclic) bond motifs is 7. The van der Waals surface area contributed by atoms with Crippen LogP contribution in [0, 0.1) is 0 Å². The normalized spacial score (nSPS) is 18.1. The maximum atomic E-state index is 18.5. The molecule has 3 unspecified atom stereocenters. The van der Waals surface area contributed by atoms with Crippen molar-refractivity contribution in [3.8, 4) is 0 Å². The van der Waals surface area contributed by atoms with Crippen LogP contribution in [-0.4, -0.2) is 115 Å². The average Bonchev–Trinajstić information content (AvgIpc) is 1.49. The van der Waals surface area contributed by atoms with E-state index in [1.165, 1.54) is 10.9 Å². The van der Waals surface area contributed by atoms with Crippen molar-refractivity contribution in [2.24, 2.45) is 15.0 Å². The Morgan fingerprint density at radius 1 is 0.425 bits per heavy atom. The number of nitrogens with one attached hydrogen (secondary N) is 2. The lowest BCUT2D eigenvalue weighted by Gasteiger charge is -2.36. The number of aromatic nitrogens is 2. The van der Waals surface area contributed by atoms with Crippen molar-refractivity contribution < 1.29 is 204 Å². The Labute approximate surface area is 633 Å². The molecular formula is C66H25F42N9O2S+2. The lowest BCUT2D eigenvalue weighted by Crippen LogP contribution is -2.53. The quantitative estimate of drug-likeness (QED) is 0.0799. The minimum Gasteiger partial charge on any atom is -0.478 e. The second kappa shape index (κ2) is 24.6. The first-order valence-electron chi connectivity index (χ1n) is 31.9. The lowest BCUT2D eigenvalue weighted by atomic mass is 9.76. The molecule has 0 saturated carbocycles. The van der Waals surface area contributed by atoms with Crippen LogP contribution in [0.3, 0.4) is 0 Å². The fraction of sp³-hybridized carbons (Fsp3) is 0.333. The number of aliphatic carboxylic acids is 1. The SMILES string of the molecule is CC(F)(c1c2c(c(C(F)(C(F)(F)F)C(F)(F)F)c3ccccc13)C1=Nc3c4c(C(F)(C(F)(F)F)C(F)(F)F)c5ccccc5c(C(C)(F)C(F)(F)F)c4c4n3Cn3c5c6sc(C=C(C(=O)O)C(F)(F)F)c(C(F)(F)F)c6c3=NC3=[N+](N[N+]1=C2N=5)C(N4)c1c3c(C(F)(C(F)(F)F)C(F)(F)F)c2ccccc2c1C(F)(C(F)(F)F)C(F)(F)F)C(F)(F)F. The van der Waals surface area contributed by atoms with E-state index in [1.54, 1.807) is 0 Å². The van der Waals surface area contributed by atoms with Crippen LogP contribution in [-0.2, 0) is 51.7 Å². The van der Waals surface area contributed by atoms with Crippen molar-refractivity contribution >= 4 is 106 Å². The van der Waals surface area contributed by atoms with Crippen molar-refractivity contribution in [2.45, 2.75) is 135 Å². The maximum absolute atomic E-state index is 18.5. The van der Waals surface area contributed by atoms with Crippen LogP contribution >= 0.6 is 11.3 Å². The molecule has 54 heteroatoms. The molecule has 9 heterocycles. The number of hydrogen-bond acceptors (Lipinski definition) is 7. The molecule has 0 fully saturated rings. The number of carboxylic acids is 1. The van der Waals surface area contributed by atoms with Crippen molar-refractivity contribution in [2.75, 3.05) is 5.32 Å².